The van der Waals surface area contributed by atoms with Gasteiger partial charge in [0.2, 0.25) is 5.91 Å². The van der Waals surface area contributed by atoms with Crippen LogP contribution in [0.4, 0.5) is 5.82 Å². The van der Waals surface area contributed by atoms with Crippen molar-refractivity contribution < 1.29 is 14.7 Å². The third-order valence-corrected chi connectivity index (χ3v) is 4.75. The highest BCUT2D eigenvalue weighted by molar-refractivity contribution is 5.89. The summed E-state index contributed by atoms with van der Waals surface area (Å²) in [6.07, 6.45) is 6.65. The SMILES string of the molecule is CC(C)(C)C1CCC(CC(=O)Nc2ccn(CC(=O)O)n2)CC1. The minimum atomic E-state index is -0.957. The molecule has 6 nitrogen and oxygen atoms in total. The molecule has 6 heteroatoms. The van der Waals surface area contributed by atoms with Crippen LogP contribution < -0.4 is 5.32 Å². The van der Waals surface area contributed by atoms with E-state index in [1.54, 1.807) is 12.3 Å². The highest BCUT2D eigenvalue weighted by Gasteiger charge is 2.30. The fraction of sp³-hybridized carbons (Fsp3) is 0.706. The van der Waals surface area contributed by atoms with Crippen LogP contribution in [0.3, 0.4) is 0 Å². The number of hydrogen-bond acceptors (Lipinski definition) is 3. The van der Waals surface area contributed by atoms with Crippen LogP contribution in [0.1, 0.15) is 52.9 Å². The number of carbonyl (C=O) groups excluding carboxylic acids is 1. The van der Waals surface area contributed by atoms with Gasteiger partial charge in [-0.25, -0.2) is 0 Å². The van der Waals surface area contributed by atoms with Crippen molar-refractivity contribution in [1.82, 2.24) is 9.78 Å². The second-order valence-corrected chi connectivity index (χ2v) is 7.63. The van der Waals surface area contributed by atoms with Gasteiger partial charge >= 0.3 is 5.97 Å². The second-order valence-electron chi connectivity index (χ2n) is 7.63. The maximum Gasteiger partial charge on any atom is 0.325 e. The van der Waals surface area contributed by atoms with E-state index in [2.05, 4.69) is 31.2 Å². The Morgan fingerprint density at radius 1 is 1.30 bits per heavy atom. The van der Waals surface area contributed by atoms with Crippen LogP contribution in [0.2, 0.25) is 0 Å². The van der Waals surface area contributed by atoms with Crippen molar-refractivity contribution in [3.63, 3.8) is 0 Å². The fourth-order valence-electron chi connectivity index (χ4n) is 3.34. The molecule has 2 rings (SSSR count). The number of carboxylic acid groups (broad SMARTS) is 1. The average molecular weight is 321 g/mol. The summed E-state index contributed by atoms with van der Waals surface area (Å²) in [5.41, 5.74) is 0.351. The molecule has 1 aromatic rings. The van der Waals surface area contributed by atoms with E-state index in [0.717, 1.165) is 18.8 Å². The lowest BCUT2D eigenvalue weighted by Crippen LogP contribution is -2.27. The molecule has 23 heavy (non-hydrogen) atoms. The molecule has 128 valence electrons. The van der Waals surface area contributed by atoms with Gasteiger partial charge in [-0.1, -0.05) is 20.8 Å². The number of hydrogen-bond donors (Lipinski definition) is 2. The molecule has 1 aliphatic carbocycles. The summed E-state index contributed by atoms with van der Waals surface area (Å²) in [4.78, 5) is 22.7. The highest BCUT2D eigenvalue weighted by Crippen LogP contribution is 2.40. The van der Waals surface area contributed by atoms with E-state index >= 15 is 0 Å². The summed E-state index contributed by atoms with van der Waals surface area (Å²) < 4.78 is 1.30. The summed E-state index contributed by atoms with van der Waals surface area (Å²) in [7, 11) is 0. The zero-order valence-electron chi connectivity index (χ0n) is 14.2. The van der Waals surface area contributed by atoms with Gasteiger partial charge in [0.1, 0.15) is 6.54 Å². The largest absolute Gasteiger partial charge is 0.480 e. The lowest BCUT2D eigenvalue weighted by molar-refractivity contribution is -0.137. The first-order chi connectivity index (χ1) is 10.7. The number of anilines is 1. The Morgan fingerprint density at radius 3 is 2.52 bits per heavy atom. The molecule has 0 unspecified atom stereocenters. The van der Waals surface area contributed by atoms with E-state index in [0.29, 0.717) is 23.6 Å². The molecule has 1 fully saturated rings. The van der Waals surface area contributed by atoms with E-state index in [9.17, 15) is 9.59 Å². The van der Waals surface area contributed by atoms with Crippen molar-refractivity contribution in [2.75, 3.05) is 5.32 Å². The van der Waals surface area contributed by atoms with Gasteiger partial charge < -0.3 is 10.4 Å². The fourth-order valence-corrected chi connectivity index (χ4v) is 3.34. The summed E-state index contributed by atoms with van der Waals surface area (Å²) >= 11 is 0. The molecule has 1 heterocycles. The minimum Gasteiger partial charge on any atom is -0.480 e. The van der Waals surface area contributed by atoms with E-state index in [1.807, 2.05) is 0 Å². The van der Waals surface area contributed by atoms with Crippen molar-refractivity contribution >= 4 is 17.7 Å². The molecule has 0 atom stereocenters. The molecule has 1 aliphatic rings. The molecule has 2 N–H and O–H groups in total. The minimum absolute atomic E-state index is 0.0372. The number of aliphatic carboxylic acids is 1. The van der Waals surface area contributed by atoms with Crippen molar-refractivity contribution in [3.8, 4) is 0 Å². The molecule has 0 aromatic carbocycles. The molecular weight excluding hydrogens is 294 g/mol. The van der Waals surface area contributed by atoms with Crippen molar-refractivity contribution in [3.05, 3.63) is 12.3 Å². The van der Waals surface area contributed by atoms with Gasteiger partial charge in [-0.15, -0.1) is 0 Å². The van der Waals surface area contributed by atoms with Gasteiger partial charge in [0.25, 0.3) is 0 Å². The van der Waals surface area contributed by atoms with Crippen LogP contribution in [-0.4, -0.2) is 26.8 Å². The Hall–Kier alpha value is -1.85. The van der Waals surface area contributed by atoms with Gasteiger partial charge in [-0.2, -0.15) is 5.10 Å². The number of nitrogens with zero attached hydrogens (tertiary/aromatic N) is 2. The molecular formula is C17H27N3O3. The maximum atomic E-state index is 12.1. The monoisotopic (exact) mass is 321 g/mol. The Balaban J connectivity index is 1.77. The van der Waals surface area contributed by atoms with Gasteiger partial charge in [0, 0.05) is 18.7 Å². The van der Waals surface area contributed by atoms with Crippen LogP contribution in [0, 0.1) is 17.3 Å². The molecule has 1 amide bonds. The number of carboxylic acids is 1. The quantitative estimate of drug-likeness (QED) is 0.872. The second kappa shape index (κ2) is 7.15. The number of nitrogens with one attached hydrogen (secondary N) is 1. The molecule has 0 spiro atoms. The third-order valence-electron chi connectivity index (χ3n) is 4.75. The smallest absolute Gasteiger partial charge is 0.325 e. The van der Waals surface area contributed by atoms with Crippen LogP contribution in [0.5, 0.6) is 0 Å². The maximum absolute atomic E-state index is 12.1. The summed E-state index contributed by atoms with van der Waals surface area (Å²) in [5.74, 6) is 0.606. The standard InChI is InChI=1S/C17H27N3O3/c1-17(2,3)13-6-4-12(5-7-13)10-15(21)18-14-8-9-20(19-14)11-16(22)23/h8-9,12-13H,4-7,10-11H2,1-3H3,(H,22,23)(H,18,19,21). The van der Waals surface area contributed by atoms with Crippen LogP contribution in [0.15, 0.2) is 12.3 Å². The van der Waals surface area contributed by atoms with E-state index < -0.39 is 5.97 Å². The summed E-state index contributed by atoms with van der Waals surface area (Å²) in [6, 6.07) is 1.62. The first kappa shape index (κ1) is 17.5. The van der Waals surface area contributed by atoms with Crippen LogP contribution in [-0.2, 0) is 16.1 Å². The lowest BCUT2D eigenvalue weighted by atomic mass is 9.69. The highest BCUT2D eigenvalue weighted by atomic mass is 16.4. The first-order valence-corrected chi connectivity index (χ1v) is 8.29. The topological polar surface area (TPSA) is 84.2 Å². The Morgan fingerprint density at radius 2 is 1.96 bits per heavy atom. The van der Waals surface area contributed by atoms with Gasteiger partial charge in [-0.05, 0) is 42.9 Å². The summed E-state index contributed by atoms with van der Waals surface area (Å²) in [5, 5.41) is 15.5. The van der Waals surface area contributed by atoms with Gasteiger partial charge in [0.15, 0.2) is 5.82 Å². The normalized spacial score (nSPS) is 21.9. The van der Waals surface area contributed by atoms with E-state index in [1.165, 1.54) is 17.5 Å². The number of rotatable bonds is 5. The Kier molecular flexibility index (Phi) is 5.44. The zero-order valence-corrected chi connectivity index (χ0v) is 14.2. The molecule has 1 saturated carbocycles. The lowest BCUT2D eigenvalue weighted by Gasteiger charge is -2.36. The first-order valence-electron chi connectivity index (χ1n) is 8.29. The number of carbonyl (C=O) groups is 2. The predicted octanol–water partition coefficient (Wildman–Crippen LogP) is 3.15. The molecule has 0 bridgehead atoms. The van der Waals surface area contributed by atoms with Gasteiger partial charge in [0.05, 0.1) is 0 Å². The predicted molar refractivity (Wildman–Crippen MR) is 88.0 cm³/mol. The number of amides is 1. The van der Waals surface area contributed by atoms with Crippen molar-refractivity contribution in [1.29, 1.82) is 0 Å². The zero-order chi connectivity index (χ0) is 17.0. The Labute approximate surface area is 137 Å². The average Bonchev–Trinajstić information content (AvgIpc) is 2.84. The van der Waals surface area contributed by atoms with E-state index in [4.69, 9.17) is 5.11 Å². The van der Waals surface area contributed by atoms with Crippen molar-refractivity contribution in [2.45, 2.75) is 59.4 Å². The van der Waals surface area contributed by atoms with E-state index in [-0.39, 0.29) is 12.5 Å². The van der Waals surface area contributed by atoms with Crippen molar-refractivity contribution in [2.24, 2.45) is 17.3 Å². The Bertz CT molecular complexity index is 552. The van der Waals surface area contributed by atoms with Gasteiger partial charge in [-0.3, -0.25) is 14.3 Å². The molecule has 0 saturated heterocycles. The third kappa shape index (κ3) is 5.37. The summed E-state index contributed by atoms with van der Waals surface area (Å²) in [6.45, 7) is 6.67. The molecule has 0 radical (unpaired) electrons. The molecule has 1 aromatic heterocycles. The van der Waals surface area contributed by atoms with Crippen LogP contribution >= 0.6 is 0 Å². The molecule has 0 aliphatic heterocycles. The van der Waals surface area contributed by atoms with Crippen LogP contribution in [0.25, 0.3) is 0 Å². The number of aromatic nitrogens is 2.